The summed E-state index contributed by atoms with van der Waals surface area (Å²) in [5, 5.41) is 60.0. The van der Waals surface area contributed by atoms with E-state index in [1.165, 1.54) is 6.92 Å². The van der Waals surface area contributed by atoms with Crippen molar-refractivity contribution in [3.8, 4) is 0 Å². The van der Waals surface area contributed by atoms with Gasteiger partial charge in [0.15, 0.2) is 12.6 Å². The van der Waals surface area contributed by atoms with Gasteiger partial charge in [0.2, 0.25) is 5.91 Å². The van der Waals surface area contributed by atoms with Gasteiger partial charge in [0.05, 0.1) is 50.1 Å². The molecule has 2 aliphatic heterocycles. The van der Waals surface area contributed by atoms with Crippen molar-refractivity contribution in [3.63, 3.8) is 0 Å². The molecule has 0 unspecified atom stereocenters. The van der Waals surface area contributed by atoms with Gasteiger partial charge in [0, 0.05) is 19.1 Å². The molecule has 40 heavy (non-hydrogen) atoms. The van der Waals surface area contributed by atoms with Crippen LogP contribution < -0.4 is 33.2 Å². The molecule has 3 fully saturated rings. The maximum atomic E-state index is 12.2. The van der Waals surface area contributed by atoms with Crippen molar-refractivity contribution in [1.29, 1.82) is 0 Å². The van der Waals surface area contributed by atoms with E-state index in [-0.39, 0.29) is 38.8 Å². The molecule has 14 N–H and O–H groups in total. The van der Waals surface area contributed by atoms with Crippen molar-refractivity contribution in [1.82, 2.24) is 16.0 Å². The molecule has 16 nitrogen and oxygen atoms in total. The van der Waals surface area contributed by atoms with E-state index < -0.39 is 78.8 Å². The molecule has 0 bridgehead atoms. The van der Waals surface area contributed by atoms with Crippen LogP contribution in [0, 0.1) is 0 Å². The summed E-state index contributed by atoms with van der Waals surface area (Å²) in [6.07, 6.45) is -6.85. The van der Waals surface area contributed by atoms with Crippen LogP contribution in [0.1, 0.15) is 26.2 Å². The first kappa shape index (κ1) is 33.4. The summed E-state index contributed by atoms with van der Waals surface area (Å²) in [4.78, 5) is 12.2. The minimum Gasteiger partial charge on any atom is -0.394 e. The molecule has 2 saturated heterocycles. The number of nitrogens with one attached hydrogen (secondary N) is 3. The number of carbonyl (C=O) groups is 1. The smallest absolute Gasteiger partial charge is 0.234 e. The molecule has 0 radical (unpaired) electrons. The first-order valence-corrected chi connectivity index (χ1v) is 13.8. The monoisotopic (exact) mass is 580 g/mol. The summed E-state index contributed by atoms with van der Waals surface area (Å²) >= 11 is 0. The second kappa shape index (κ2) is 14.9. The van der Waals surface area contributed by atoms with Crippen LogP contribution in [0.15, 0.2) is 0 Å². The summed E-state index contributed by atoms with van der Waals surface area (Å²) in [7, 11) is 1.58. The number of carbonyl (C=O) groups excluding carboxylic acids is 1. The van der Waals surface area contributed by atoms with Gasteiger partial charge in [0.25, 0.3) is 0 Å². The fraction of sp³-hybridized carbons (Fsp3) is 0.958. The quantitative estimate of drug-likeness (QED) is 0.103. The molecule has 1 amide bonds. The lowest BCUT2D eigenvalue weighted by Gasteiger charge is -2.49. The van der Waals surface area contributed by atoms with Gasteiger partial charge in [-0.05, 0) is 33.2 Å². The summed E-state index contributed by atoms with van der Waals surface area (Å²) in [5.74, 6) is -0.488. The van der Waals surface area contributed by atoms with Gasteiger partial charge in [-0.3, -0.25) is 4.79 Å². The number of aliphatic hydroxyl groups excluding tert-OH is 4. The van der Waals surface area contributed by atoms with Crippen LogP contribution in [0.3, 0.4) is 0 Å². The molecular weight excluding hydrogens is 532 g/mol. The Kier molecular flexibility index (Phi) is 12.4. The summed E-state index contributed by atoms with van der Waals surface area (Å²) in [6.45, 7) is 1.28. The van der Waals surface area contributed by atoms with Crippen LogP contribution in [0.4, 0.5) is 0 Å². The van der Waals surface area contributed by atoms with Crippen LogP contribution in [0.25, 0.3) is 0 Å². The van der Waals surface area contributed by atoms with Gasteiger partial charge >= 0.3 is 0 Å². The SMILES string of the molecule is CN[C@@H]1[C@@H](O)[C@@H](O[C@@H]2[C@H](O)[C@H](O[C@H]3O[C@H](CNC[C@@H](O)CO)CC[C@H]3N)[C@@H](N)C[C@H]2NC(=O)CN)OC[C@]1(C)O. The second-order valence-corrected chi connectivity index (χ2v) is 11.1. The molecule has 1 saturated carbocycles. The highest BCUT2D eigenvalue weighted by atomic mass is 16.7. The zero-order valence-electron chi connectivity index (χ0n) is 23.1. The maximum Gasteiger partial charge on any atom is 0.234 e. The Morgan fingerprint density at radius 2 is 1.82 bits per heavy atom. The zero-order valence-corrected chi connectivity index (χ0v) is 23.1. The predicted molar refractivity (Wildman–Crippen MR) is 140 cm³/mol. The number of hydrogen-bond donors (Lipinski definition) is 11. The molecular formula is C24H48N6O10. The molecule has 0 spiro atoms. The van der Waals surface area contributed by atoms with Gasteiger partial charge in [0.1, 0.15) is 30.0 Å². The average molecular weight is 581 g/mol. The van der Waals surface area contributed by atoms with Crippen LogP contribution in [0.5, 0.6) is 0 Å². The third-order valence-corrected chi connectivity index (χ3v) is 7.73. The molecule has 0 aromatic carbocycles. The first-order chi connectivity index (χ1) is 18.9. The fourth-order valence-corrected chi connectivity index (χ4v) is 5.51. The molecule has 0 aromatic heterocycles. The van der Waals surface area contributed by atoms with Crippen LogP contribution in [-0.2, 0) is 23.7 Å². The lowest BCUT2D eigenvalue weighted by Crippen LogP contribution is -2.69. The normalized spacial score (nSPS) is 43.3. The van der Waals surface area contributed by atoms with Crippen molar-refractivity contribution in [2.45, 2.75) is 105 Å². The van der Waals surface area contributed by atoms with Gasteiger partial charge in [-0.2, -0.15) is 0 Å². The topological polar surface area (TPSA) is 269 Å². The lowest BCUT2D eigenvalue weighted by molar-refractivity contribution is -0.307. The third-order valence-electron chi connectivity index (χ3n) is 7.73. The molecule has 0 aromatic rings. The number of ether oxygens (including phenoxy) is 4. The zero-order chi connectivity index (χ0) is 29.6. The Hall–Kier alpha value is -1.09. The fourth-order valence-electron chi connectivity index (χ4n) is 5.51. The number of rotatable bonds is 12. The maximum absolute atomic E-state index is 12.2. The van der Waals surface area contributed by atoms with Crippen molar-refractivity contribution in [3.05, 3.63) is 0 Å². The standard InChI is InChI=1S/C24H48N6O10/c1-24(36)10-37-23(18(35)21(24)28-2)40-20-15(30-16(33)6-25)5-14(27)19(17(20)34)39-22-13(26)4-3-12(38-22)8-29-7-11(32)9-31/h11-15,17-23,28-29,31-32,34-36H,3-10,25-27H2,1-2H3,(H,30,33)/t11-,12+,13-,14+,15-,17-,18-,19-,20+,21-,22-,23-,24+/m1/s1. The van der Waals surface area contributed by atoms with Gasteiger partial charge in [-0.25, -0.2) is 0 Å². The molecule has 3 aliphatic rings. The highest BCUT2D eigenvalue weighted by Crippen LogP contribution is 2.32. The Labute approximate surface area is 233 Å². The molecule has 2 heterocycles. The average Bonchev–Trinajstić information content (AvgIpc) is 2.91. The van der Waals surface area contributed by atoms with E-state index in [4.69, 9.17) is 41.3 Å². The Morgan fingerprint density at radius 3 is 2.48 bits per heavy atom. The second-order valence-electron chi connectivity index (χ2n) is 11.1. The summed E-state index contributed by atoms with van der Waals surface area (Å²) < 4.78 is 23.8. The van der Waals surface area contributed by atoms with Crippen LogP contribution >= 0.6 is 0 Å². The van der Waals surface area contributed by atoms with E-state index in [0.29, 0.717) is 19.4 Å². The van der Waals surface area contributed by atoms with Crippen LogP contribution in [-0.4, -0.2) is 150 Å². The highest BCUT2D eigenvalue weighted by Gasteiger charge is 2.51. The number of amides is 1. The van der Waals surface area contributed by atoms with E-state index >= 15 is 0 Å². The van der Waals surface area contributed by atoms with Crippen molar-refractivity contribution >= 4 is 5.91 Å². The minimum absolute atomic E-state index is 0.139. The van der Waals surface area contributed by atoms with Gasteiger partial charge < -0.3 is 77.6 Å². The molecule has 1 aliphatic carbocycles. The van der Waals surface area contributed by atoms with E-state index in [2.05, 4.69) is 16.0 Å². The number of aliphatic hydroxyl groups is 5. The first-order valence-electron chi connectivity index (χ1n) is 13.8. The predicted octanol–water partition coefficient (Wildman–Crippen LogP) is -5.88. The molecule has 13 atom stereocenters. The van der Waals surface area contributed by atoms with Crippen molar-refractivity contribution < 1.29 is 49.3 Å². The summed E-state index contributed by atoms with van der Waals surface area (Å²) in [6, 6.07) is -2.84. The summed E-state index contributed by atoms with van der Waals surface area (Å²) in [5.41, 5.74) is 16.8. The molecule has 16 heteroatoms. The van der Waals surface area contributed by atoms with E-state index in [1.54, 1.807) is 7.05 Å². The number of likely N-dealkylation sites (N-methyl/N-ethyl adjacent to an activating group) is 1. The van der Waals surface area contributed by atoms with E-state index in [0.717, 1.165) is 0 Å². The van der Waals surface area contributed by atoms with E-state index in [9.17, 15) is 25.2 Å². The molecule has 3 rings (SSSR count). The van der Waals surface area contributed by atoms with E-state index in [1.807, 2.05) is 0 Å². The van der Waals surface area contributed by atoms with Crippen molar-refractivity contribution in [2.24, 2.45) is 17.2 Å². The largest absolute Gasteiger partial charge is 0.394 e. The Balaban J connectivity index is 1.72. The minimum atomic E-state index is -1.40. The Morgan fingerprint density at radius 1 is 1.12 bits per heavy atom. The van der Waals surface area contributed by atoms with Crippen molar-refractivity contribution in [2.75, 3.05) is 39.9 Å². The number of nitrogens with two attached hydrogens (primary N) is 3. The van der Waals surface area contributed by atoms with Gasteiger partial charge in [-0.1, -0.05) is 0 Å². The number of hydrogen-bond acceptors (Lipinski definition) is 15. The van der Waals surface area contributed by atoms with Crippen LogP contribution in [0.2, 0.25) is 0 Å². The Bertz CT molecular complexity index is 799. The molecule has 234 valence electrons. The third kappa shape index (κ3) is 8.26. The highest BCUT2D eigenvalue weighted by molar-refractivity contribution is 5.78. The van der Waals surface area contributed by atoms with Gasteiger partial charge in [-0.15, -0.1) is 0 Å². The lowest BCUT2D eigenvalue weighted by atomic mass is 9.83.